The first kappa shape index (κ1) is 17.9. The number of nitrogens with one attached hydrogen (secondary N) is 1. The number of aromatic nitrogens is 2. The summed E-state index contributed by atoms with van der Waals surface area (Å²) in [6, 6.07) is 16.1. The van der Waals surface area contributed by atoms with Crippen LogP contribution in [0, 0.1) is 5.92 Å². The van der Waals surface area contributed by atoms with Crippen LogP contribution in [0.15, 0.2) is 60.0 Å². The molecule has 0 aliphatic rings. The van der Waals surface area contributed by atoms with Crippen LogP contribution >= 0.6 is 0 Å². The molecule has 0 aliphatic heterocycles. The maximum Gasteiger partial charge on any atom is 0.244 e. The second-order valence-corrected chi connectivity index (χ2v) is 6.84. The van der Waals surface area contributed by atoms with E-state index in [2.05, 4.69) is 41.5 Å². The fourth-order valence-electron chi connectivity index (χ4n) is 2.78. The van der Waals surface area contributed by atoms with Crippen LogP contribution in [0.5, 0.6) is 0 Å². The molecule has 26 heavy (non-hydrogen) atoms. The average Bonchev–Trinajstić information content (AvgIpc) is 3.05. The van der Waals surface area contributed by atoms with Crippen molar-refractivity contribution in [2.45, 2.75) is 33.2 Å². The number of para-hydroxylation sites is 2. The molecule has 1 amide bonds. The van der Waals surface area contributed by atoms with Gasteiger partial charge in [0.05, 0.1) is 29.5 Å². The second-order valence-electron chi connectivity index (χ2n) is 6.84. The standard InChI is InChI=1S/C21H24N4O/c1-15(2)18-10-8-17(9-11-18)12-23-24-21(26)16(3)13-25-14-22-19-6-4-5-7-20(19)25/h4-12,14-16H,13H2,1-3H3,(H,24,26)/b23-12-/t16-/m1/s1. The Morgan fingerprint density at radius 2 is 1.88 bits per heavy atom. The summed E-state index contributed by atoms with van der Waals surface area (Å²) in [6.07, 6.45) is 3.44. The number of rotatable bonds is 6. The Morgan fingerprint density at radius 1 is 1.15 bits per heavy atom. The number of hydrazone groups is 1. The summed E-state index contributed by atoms with van der Waals surface area (Å²) in [4.78, 5) is 16.6. The summed E-state index contributed by atoms with van der Waals surface area (Å²) in [5.41, 5.74) is 6.83. The number of carbonyl (C=O) groups is 1. The number of carbonyl (C=O) groups excluding carboxylic acids is 1. The van der Waals surface area contributed by atoms with E-state index in [1.807, 2.05) is 47.9 Å². The Bertz CT molecular complexity index is 909. The molecule has 1 N–H and O–H groups in total. The Hall–Kier alpha value is -2.95. The van der Waals surface area contributed by atoms with Crippen LogP contribution in [0.1, 0.15) is 37.8 Å². The van der Waals surface area contributed by atoms with E-state index in [0.29, 0.717) is 12.5 Å². The summed E-state index contributed by atoms with van der Waals surface area (Å²) in [7, 11) is 0. The van der Waals surface area contributed by atoms with Crippen molar-refractivity contribution >= 4 is 23.2 Å². The number of hydrogen-bond acceptors (Lipinski definition) is 3. The molecule has 5 nitrogen and oxygen atoms in total. The van der Waals surface area contributed by atoms with E-state index in [1.54, 1.807) is 12.5 Å². The number of amides is 1. The molecule has 2 aromatic carbocycles. The molecule has 1 heterocycles. The van der Waals surface area contributed by atoms with Crippen LogP contribution in [0.4, 0.5) is 0 Å². The first-order valence-corrected chi connectivity index (χ1v) is 8.87. The van der Waals surface area contributed by atoms with Crippen molar-refractivity contribution in [3.8, 4) is 0 Å². The molecule has 5 heteroatoms. The lowest BCUT2D eigenvalue weighted by molar-refractivity contribution is -0.124. The lowest BCUT2D eigenvalue weighted by Crippen LogP contribution is -2.27. The minimum atomic E-state index is -0.215. The number of imidazole rings is 1. The van der Waals surface area contributed by atoms with Gasteiger partial charge in [-0.25, -0.2) is 10.4 Å². The van der Waals surface area contributed by atoms with E-state index < -0.39 is 0 Å². The highest BCUT2D eigenvalue weighted by Gasteiger charge is 2.14. The predicted octanol–water partition coefficient (Wildman–Crippen LogP) is 3.95. The van der Waals surface area contributed by atoms with Gasteiger partial charge in [0.15, 0.2) is 0 Å². The van der Waals surface area contributed by atoms with Crippen LogP contribution in [-0.4, -0.2) is 21.7 Å². The molecule has 3 aromatic rings. The largest absolute Gasteiger partial charge is 0.330 e. The SMILES string of the molecule is CC(C)c1ccc(/C=N\NC(=O)[C@H](C)Cn2cnc3ccccc32)cc1. The van der Waals surface area contributed by atoms with Crippen LogP contribution in [-0.2, 0) is 11.3 Å². The lowest BCUT2D eigenvalue weighted by atomic mass is 10.0. The fraction of sp³-hybridized carbons (Fsp3) is 0.286. The molecule has 0 bridgehead atoms. The summed E-state index contributed by atoms with van der Waals surface area (Å²) in [5, 5.41) is 4.08. The Labute approximate surface area is 153 Å². The molecule has 0 aliphatic carbocycles. The molecule has 134 valence electrons. The van der Waals surface area contributed by atoms with E-state index in [4.69, 9.17) is 0 Å². The van der Waals surface area contributed by atoms with Crippen molar-refractivity contribution < 1.29 is 4.79 Å². The van der Waals surface area contributed by atoms with Gasteiger partial charge in [-0.3, -0.25) is 4.79 Å². The molecule has 0 fully saturated rings. The third kappa shape index (κ3) is 4.17. The van der Waals surface area contributed by atoms with E-state index in [1.165, 1.54) is 5.56 Å². The molecule has 0 saturated heterocycles. The molecule has 0 unspecified atom stereocenters. The zero-order valence-corrected chi connectivity index (χ0v) is 15.4. The van der Waals surface area contributed by atoms with Crippen molar-refractivity contribution in [1.82, 2.24) is 15.0 Å². The summed E-state index contributed by atoms with van der Waals surface area (Å²) >= 11 is 0. The topological polar surface area (TPSA) is 59.3 Å². The van der Waals surface area contributed by atoms with Gasteiger partial charge in [0, 0.05) is 6.54 Å². The van der Waals surface area contributed by atoms with Gasteiger partial charge in [-0.05, 0) is 29.2 Å². The summed E-state index contributed by atoms with van der Waals surface area (Å²) < 4.78 is 1.99. The highest BCUT2D eigenvalue weighted by Crippen LogP contribution is 2.15. The molecule has 1 aromatic heterocycles. The van der Waals surface area contributed by atoms with E-state index in [0.717, 1.165) is 16.6 Å². The zero-order valence-electron chi connectivity index (χ0n) is 15.4. The first-order valence-electron chi connectivity index (χ1n) is 8.87. The van der Waals surface area contributed by atoms with Gasteiger partial charge in [-0.1, -0.05) is 57.2 Å². The molecule has 3 rings (SSSR count). The zero-order chi connectivity index (χ0) is 18.5. The minimum Gasteiger partial charge on any atom is -0.330 e. The maximum absolute atomic E-state index is 12.3. The third-order valence-electron chi connectivity index (χ3n) is 4.44. The van der Waals surface area contributed by atoms with Gasteiger partial charge in [0.25, 0.3) is 0 Å². The van der Waals surface area contributed by atoms with Crippen LogP contribution in [0.3, 0.4) is 0 Å². The normalized spacial score (nSPS) is 12.8. The van der Waals surface area contributed by atoms with Gasteiger partial charge in [0.2, 0.25) is 5.91 Å². The van der Waals surface area contributed by atoms with Gasteiger partial charge in [0.1, 0.15) is 0 Å². The lowest BCUT2D eigenvalue weighted by Gasteiger charge is -2.11. The second kappa shape index (κ2) is 7.95. The van der Waals surface area contributed by atoms with Crippen LogP contribution in [0.2, 0.25) is 0 Å². The quantitative estimate of drug-likeness (QED) is 0.542. The highest BCUT2D eigenvalue weighted by atomic mass is 16.2. The smallest absolute Gasteiger partial charge is 0.244 e. The van der Waals surface area contributed by atoms with E-state index in [-0.39, 0.29) is 11.8 Å². The Balaban J connectivity index is 1.57. The molecule has 0 radical (unpaired) electrons. The van der Waals surface area contributed by atoms with Crippen molar-refractivity contribution in [3.05, 3.63) is 66.0 Å². The van der Waals surface area contributed by atoms with Gasteiger partial charge < -0.3 is 4.57 Å². The van der Waals surface area contributed by atoms with Gasteiger partial charge in [-0.15, -0.1) is 0 Å². The average molecular weight is 348 g/mol. The van der Waals surface area contributed by atoms with Crippen LogP contribution in [0.25, 0.3) is 11.0 Å². The fourth-order valence-corrected chi connectivity index (χ4v) is 2.78. The van der Waals surface area contributed by atoms with E-state index in [9.17, 15) is 4.79 Å². The van der Waals surface area contributed by atoms with Gasteiger partial charge >= 0.3 is 0 Å². The van der Waals surface area contributed by atoms with Crippen LogP contribution < -0.4 is 5.43 Å². The summed E-state index contributed by atoms with van der Waals surface area (Å²) in [5.74, 6) is 0.173. The summed E-state index contributed by atoms with van der Waals surface area (Å²) in [6.45, 7) is 6.77. The Morgan fingerprint density at radius 3 is 2.62 bits per heavy atom. The van der Waals surface area contributed by atoms with E-state index >= 15 is 0 Å². The minimum absolute atomic E-state index is 0.113. The number of fused-ring (bicyclic) bond motifs is 1. The first-order chi connectivity index (χ1) is 12.5. The third-order valence-corrected chi connectivity index (χ3v) is 4.44. The van der Waals surface area contributed by atoms with Crippen molar-refractivity contribution in [1.29, 1.82) is 0 Å². The monoisotopic (exact) mass is 348 g/mol. The number of hydrogen-bond donors (Lipinski definition) is 1. The predicted molar refractivity (Wildman–Crippen MR) is 105 cm³/mol. The molecule has 0 spiro atoms. The molecule has 0 saturated carbocycles. The van der Waals surface area contributed by atoms with Crippen molar-refractivity contribution in [2.24, 2.45) is 11.0 Å². The van der Waals surface area contributed by atoms with Crippen molar-refractivity contribution in [2.75, 3.05) is 0 Å². The Kier molecular flexibility index (Phi) is 5.46. The van der Waals surface area contributed by atoms with Gasteiger partial charge in [-0.2, -0.15) is 5.10 Å². The molecule has 1 atom stereocenters. The van der Waals surface area contributed by atoms with Crippen molar-refractivity contribution in [3.63, 3.8) is 0 Å². The number of benzene rings is 2. The number of nitrogens with zero attached hydrogens (tertiary/aromatic N) is 3. The highest BCUT2D eigenvalue weighted by molar-refractivity contribution is 5.83. The maximum atomic E-state index is 12.3. The molecular formula is C21H24N4O. The molecular weight excluding hydrogens is 324 g/mol.